The van der Waals surface area contributed by atoms with Crippen LogP contribution in [0, 0.1) is 16.7 Å². The van der Waals surface area contributed by atoms with Crippen LogP contribution in [-0.2, 0) is 20.3 Å². The predicted octanol–water partition coefficient (Wildman–Crippen LogP) is 7.93. The quantitative estimate of drug-likeness (QED) is 0.292. The van der Waals surface area contributed by atoms with Gasteiger partial charge in [-0.1, -0.05) is 94.9 Å². The average molecular weight is 551 g/mol. The fraction of sp³-hybridized carbons (Fsp3) is 0.406. The van der Waals surface area contributed by atoms with E-state index in [9.17, 15) is 13.2 Å². The minimum atomic E-state index is -3.84. The van der Waals surface area contributed by atoms with Gasteiger partial charge in [-0.05, 0) is 71.6 Å². The van der Waals surface area contributed by atoms with Crippen molar-refractivity contribution >= 4 is 27.7 Å². The van der Waals surface area contributed by atoms with Crippen LogP contribution in [0.2, 0.25) is 0 Å². The van der Waals surface area contributed by atoms with Crippen LogP contribution in [0.1, 0.15) is 59.4 Å². The molecule has 202 valence electrons. The van der Waals surface area contributed by atoms with Crippen LogP contribution < -0.4 is 4.18 Å². The molecule has 6 heteroatoms. The third-order valence-electron chi connectivity index (χ3n) is 8.23. The van der Waals surface area contributed by atoms with E-state index >= 15 is 0 Å². The van der Waals surface area contributed by atoms with Gasteiger partial charge in [0.05, 0.1) is 11.2 Å². The summed E-state index contributed by atoms with van der Waals surface area (Å²) in [7, 11) is -3.84. The first-order valence-corrected chi connectivity index (χ1v) is 15.6. The van der Waals surface area contributed by atoms with E-state index in [0.29, 0.717) is 24.5 Å². The lowest BCUT2D eigenvalue weighted by molar-refractivity contribution is -0.128. The molecule has 0 amide bonds. The molecular formula is C32H38O4S2. The van der Waals surface area contributed by atoms with Crippen molar-refractivity contribution in [3.8, 4) is 5.75 Å². The minimum absolute atomic E-state index is 0.00445. The normalized spacial score (nSPS) is 22.0. The molecule has 0 radical (unpaired) electrons. The zero-order chi connectivity index (χ0) is 27.6. The van der Waals surface area contributed by atoms with Crippen molar-refractivity contribution in [1.82, 2.24) is 0 Å². The van der Waals surface area contributed by atoms with Crippen LogP contribution in [0.5, 0.6) is 5.75 Å². The fourth-order valence-electron chi connectivity index (χ4n) is 5.71. The van der Waals surface area contributed by atoms with E-state index in [1.54, 1.807) is 23.9 Å². The van der Waals surface area contributed by atoms with Gasteiger partial charge in [-0.2, -0.15) is 8.42 Å². The van der Waals surface area contributed by atoms with Gasteiger partial charge in [-0.3, -0.25) is 4.79 Å². The number of ketones is 1. The number of carbonyl (C=O) groups is 1. The van der Waals surface area contributed by atoms with Gasteiger partial charge in [-0.25, -0.2) is 0 Å². The number of benzene rings is 3. The van der Waals surface area contributed by atoms with E-state index < -0.39 is 15.5 Å². The van der Waals surface area contributed by atoms with Crippen molar-refractivity contribution in [2.24, 2.45) is 16.7 Å². The largest absolute Gasteiger partial charge is 0.382 e. The van der Waals surface area contributed by atoms with E-state index in [0.717, 1.165) is 12.0 Å². The molecule has 2 bridgehead atoms. The molecule has 0 aliphatic heterocycles. The Morgan fingerprint density at radius 1 is 0.868 bits per heavy atom. The van der Waals surface area contributed by atoms with E-state index in [-0.39, 0.29) is 22.4 Å². The lowest BCUT2D eigenvalue weighted by Crippen LogP contribution is -2.43. The SMILES string of the molecule is CC(C)(C)c1ccc(OS(=O)(=O)CC23CCC(CC2=O)C3(C)C)cc1.c1ccc(Sc2ccccc2)cc1. The van der Waals surface area contributed by atoms with Gasteiger partial charge in [-0.15, -0.1) is 0 Å². The standard InChI is InChI=1S/C20H28O4S.C12H10S/c1-18(2,3)14-6-8-16(9-7-14)24-25(22,23)13-20-11-10-15(12-17(20)21)19(20,4)5;1-3-7-11(8-4-1)13-12-9-5-2-6-10-12/h6-9,15H,10-13H2,1-5H3;1-10H. The van der Waals surface area contributed by atoms with Crippen molar-refractivity contribution in [3.63, 3.8) is 0 Å². The molecule has 0 heterocycles. The molecule has 2 aliphatic rings. The van der Waals surface area contributed by atoms with E-state index in [1.807, 2.05) is 38.1 Å². The Balaban J connectivity index is 0.000000216. The smallest absolute Gasteiger partial charge is 0.310 e. The molecule has 2 unspecified atom stereocenters. The minimum Gasteiger partial charge on any atom is -0.382 e. The fourth-order valence-corrected chi connectivity index (χ4v) is 8.31. The molecule has 38 heavy (non-hydrogen) atoms. The third kappa shape index (κ3) is 6.18. The molecule has 0 spiro atoms. The summed E-state index contributed by atoms with van der Waals surface area (Å²) in [6.07, 6.45) is 2.08. The summed E-state index contributed by atoms with van der Waals surface area (Å²) in [5.74, 6) is 0.469. The van der Waals surface area contributed by atoms with Crippen LogP contribution in [0.4, 0.5) is 0 Å². The summed E-state index contributed by atoms with van der Waals surface area (Å²) in [5.41, 5.74) is 0.0372. The van der Waals surface area contributed by atoms with Crippen LogP contribution in [0.3, 0.4) is 0 Å². The number of Topliss-reactive ketones (excluding diaryl/α,β-unsaturated/α-hetero) is 1. The second-order valence-electron chi connectivity index (χ2n) is 12.0. The Morgan fingerprint density at radius 2 is 1.39 bits per heavy atom. The Labute approximate surface area is 232 Å². The molecule has 5 rings (SSSR count). The predicted molar refractivity (Wildman–Crippen MR) is 155 cm³/mol. The second-order valence-corrected chi connectivity index (χ2v) is 14.7. The molecule has 3 aromatic rings. The average Bonchev–Trinajstić information content (AvgIpc) is 3.19. The van der Waals surface area contributed by atoms with Crippen molar-refractivity contribution in [2.45, 2.75) is 69.1 Å². The molecular weight excluding hydrogens is 512 g/mol. The summed E-state index contributed by atoms with van der Waals surface area (Å²) >= 11 is 1.79. The number of hydrogen-bond acceptors (Lipinski definition) is 5. The Bertz CT molecular complexity index is 1300. The first-order valence-electron chi connectivity index (χ1n) is 13.2. The highest BCUT2D eigenvalue weighted by Gasteiger charge is 2.65. The van der Waals surface area contributed by atoms with Crippen molar-refractivity contribution in [3.05, 3.63) is 90.5 Å². The zero-order valence-corrected chi connectivity index (χ0v) is 24.6. The van der Waals surface area contributed by atoms with Gasteiger partial charge < -0.3 is 4.18 Å². The molecule has 2 saturated carbocycles. The second kappa shape index (κ2) is 10.9. The Kier molecular flexibility index (Phi) is 8.15. The lowest BCUT2D eigenvalue weighted by atomic mass is 9.70. The Hall–Kier alpha value is -2.57. The van der Waals surface area contributed by atoms with Crippen LogP contribution >= 0.6 is 11.8 Å². The van der Waals surface area contributed by atoms with Gasteiger partial charge in [0, 0.05) is 16.2 Å². The summed E-state index contributed by atoms with van der Waals surface area (Å²) in [4.78, 5) is 15.1. The van der Waals surface area contributed by atoms with Crippen LogP contribution in [0.25, 0.3) is 0 Å². The summed E-state index contributed by atoms with van der Waals surface area (Å²) in [6, 6.07) is 28.0. The number of carbonyl (C=O) groups excluding carboxylic acids is 1. The summed E-state index contributed by atoms with van der Waals surface area (Å²) in [6.45, 7) is 10.4. The Morgan fingerprint density at radius 3 is 1.82 bits per heavy atom. The molecule has 3 aromatic carbocycles. The number of rotatable bonds is 6. The topological polar surface area (TPSA) is 60.4 Å². The summed E-state index contributed by atoms with van der Waals surface area (Å²) < 4.78 is 30.7. The van der Waals surface area contributed by atoms with E-state index in [4.69, 9.17) is 4.18 Å². The highest BCUT2D eigenvalue weighted by molar-refractivity contribution is 7.99. The van der Waals surface area contributed by atoms with Gasteiger partial charge in [0.25, 0.3) is 0 Å². The molecule has 2 aliphatic carbocycles. The number of hydrogen-bond donors (Lipinski definition) is 0. The lowest BCUT2D eigenvalue weighted by Gasteiger charge is -2.35. The molecule has 0 aromatic heterocycles. The van der Waals surface area contributed by atoms with E-state index in [1.165, 1.54) is 9.79 Å². The molecule has 2 fully saturated rings. The monoisotopic (exact) mass is 550 g/mol. The molecule has 0 saturated heterocycles. The maximum Gasteiger partial charge on any atom is 0.310 e. The van der Waals surface area contributed by atoms with Gasteiger partial charge in [0.15, 0.2) is 0 Å². The maximum atomic E-state index is 12.7. The zero-order valence-electron chi connectivity index (χ0n) is 22.9. The summed E-state index contributed by atoms with van der Waals surface area (Å²) in [5, 5.41) is 0. The number of fused-ring (bicyclic) bond motifs is 2. The highest BCUT2D eigenvalue weighted by Crippen LogP contribution is 2.64. The van der Waals surface area contributed by atoms with Crippen molar-refractivity contribution in [2.75, 3.05) is 5.75 Å². The van der Waals surface area contributed by atoms with Gasteiger partial charge in [0.2, 0.25) is 0 Å². The van der Waals surface area contributed by atoms with Crippen molar-refractivity contribution in [1.29, 1.82) is 0 Å². The molecule has 0 N–H and O–H groups in total. The first-order chi connectivity index (χ1) is 17.8. The van der Waals surface area contributed by atoms with Crippen LogP contribution in [0.15, 0.2) is 94.7 Å². The van der Waals surface area contributed by atoms with Gasteiger partial charge >= 0.3 is 10.1 Å². The molecule has 2 atom stereocenters. The van der Waals surface area contributed by atoms with Crippen molar-refractivity contribution < 1.29 is 17.4 Å². The van der Waals surface area contributed by atoms with Gasteiger partial charge in [0.1, 0.15) is 11.5 Å². The third-order valence-corrected chi connectivity index (χ3v) is 10.5. The highest BCUT2D eigenvalue weighted by atomic mass is 32.2. The van der Waals surface area contributed by atoms with Crippen LogP contribution in [-0.4, -0.2) is 20.0 Å². The first kappa shape index (κ1) is 28.4. The molecule has 4 nitrogen and oxygen atoms in total. The maximum absolute atomic E-state index is 12.7. The van der Waals surface area contributed by atoms with E-state index in [2.05, 4.69) is 69.3 Å².